The van der Waals surface area contributed by atoms with Gasteiger partial charge in [0.15, 0.2) is 0 Å². The maximum atomic E-state index is 12.2. The standard InChI is InChI=1S/C22H32N2O3/c23-12-6-16-26-14-3-4-15-27-17-7-13-24-22(25)18-20-10-5-9-19-8-1-2-11-21(19)20/h1-2,5,8-11H,3-4,6-7,12-18,23H2,(H,24,25). The van der Waals surface area contributed by atoms with Gasteiger partial charge in [0, 0.05) is 33.0 Å². The van der Waals surface area contributed by atoms with Gasteiger partial charge in [0.1, 0.15) is 0 Å². The van der Waals surface area contributed by atoms with Gasteiger partial charge in [0.25, 0.3) is 0 Å². The van der Waals surface area contributed by atoms with Crippen LogP contribution in [-0.2, 0) is 20.7 Å². The van der Waals surface area contributed by atoms with E-state index in [1.807, 2.05) is 24.3 Å². The number of nitrogens with one attached hydrogen (secondary N) is 1. The number of nitrogens with two attached hydrogens (primary N) is 1. The SMILES string of the molecule is NCCCOCCCCOCCCNC(=O)Cc1cccc2ccccc12. The Morgan fingerprint density at radius 2 is 1.52 bits per heavy atom. The Bertz CT molecular complexity index is 670. The molecule has 27 heavy (non-hydrogen) atoms. The molecule has 0 bridgehead atoms. The molecule has 2 aromatic carbocycles. The first kappa shape index (κ1) is 21.4. The second kappa shape index (κ2) is 13.3. The minimum Gasteiger partial charge on any atom is -0.381 e. The lowest BCUT2D eigenvalue weighted by Gasteiger charge is -2.08. The fourth-order valence-corrected chi connectivity index (χ4v) is 2.88. The maximum absolute atomic E-state index is 12.2. The van der Waals surface area contributed by atoms with E-state index < -0.39 is 0 Å². The van der Waals surface area contributed by atoms with Crippen LogP contribution in [0.2, 0.25) is 0 Å². The third-order valence-corrected chi connectivity index (χ3v) is 4.34. The second-order valence-electron chi connectivity index (χ2n) is 6.59. The van der Waals surface area contributed by atoms with Crippen LogP contribution in [0.25, 0.3) is 10.8 Å². The Hall–Kier alpha value is -1.95. The molecule has 0 unspecified atom stereocenters. The van der Waals surface area contributed by atoms with E-state index in [9.17, 15) is 4.79 Å². The molecular weight excluding hydrogens is 340 g/mol. The summed E-state index contributed by atoms with van der Waals surface area (Å²) < 4.78 is 11.0. The molecule has 0 spiro atoms. The van der Waals surface area contributed by atoms with Crippen LogP contribution in [0, 0.1) is 0 Å². The quantitative estimate of drug-likeness (QED) is 0.500. The third kappa shape index (κ3) is 8.52. The summed E-state index contributed by atoms with van der Waals surface area (Å²) in [5, 5.41) is 5.29. The Kier molecular flexibility index (Phi) is 10.5. The van der Waals surface area contributed by atoms with Crippen molar-refractivity contribution in [3.8, 4) is 0 Å². The zero-order valence-corrected chi connectivity index (χ0v) is 16.1. The summed E-state index contributed by atoms with van der Waals surface area (Å²) in [4.78, 5) is 12.2. The topological polar surface area (TPSA) is 73.6 Å². The van der Waals surface area contributed by atoms with E-state index in [4.69, 9.17) is 15.2 Å². The van der Waals surface area contributed by atoms with Crippen molar-refractivity contribution in [3.63, 3.8) is 0 Å². The smallest absolute Gasteiger partial charge is 0.224 e. The summed E-state index contributed by atoms with van der Waals surface area (Å²) in [6, 6.07) is 14.2. The van der Waals surface area contributed by atoms with E-state index in [0.717, 1.165) is 56.5 Å². The van der Waals surface area contributed by atoms with E-state index in [2.05, 4.69) is 23.5 Å². The van der Waals surface area contributed by atoms with Crippen molar-refractivity contribution in [3.05, 3.63) is 48.0 Å². The van der Waals surface area contributed by atoms with Gasteiger partial charge in [-0.3, -0.25) is 4.79 Å². The Morgan fingerprint density at radius 1 is 0.852 bits per heavy atom. The van der Waals surface area contributed by atoms with E-state index in [1.54, 1.807) is 0 Å². The maximum Gasteiger partial charge on any atom is 0.224 e. The highest BCUT2D eigenvalue weighted by atomic mass is 16.5. The lowest BCUT2D eigenvalue weighted by atomic mass is 10.0. The molecule has 5 nitrogen and oxygen atoms in total. The van der Waals surface area contributed by atoms with Crippen LogP contribution in [0.3, 0.4) is 0 Å². The first-order chi connectivity index (χ1) is 13.3. The van der Waals surface area contributed by atoms with Crippen LogP contribution in [-0.4, -0.2) is 45.4 Å². The second-order valence-corrected chi connectivity index (χ2v) is 6.59. The number of rotatable bonds is 14. The number of hydrogen-bond acceptors (Lipinski definition) is 4. The minimum atomic E-state index is 0.0565. The van der Waals surface area contributed by atoms with Crippen molar-refractivity contribution in [1.29, 1.82) is 0 Å². The van der Waals surface area contributed by atoms with Gasteiger partial charge in [-0.1, -0.05) is 42.5 Å². The van der Waals surface area contributed by atoms with E-state index in [-0.39, 0.29) is 5.91 Å². The predicted molar refractivity (Wildman–Crippen MR) is 110 cm³/mol. The lowest BCUT2D eigenvalue weighted by Crippen LogP contribution is -2.26. The number of fused-ring (bicyclic) bond motifs is 1. The molecule has 3 N–H and O–H groups in total. The van der Waals surface area contributed by atoms with Gasteiger partial charge in [-0.05, 0) is 48.6 Å². The average Bonchev–Trinajstić information content (AvgIpc) is 2.69. The zero-order chi connectivity index (χ0) is 19.2. The van der Waals surface area contributed by atoms with Crippen LogP contribution in [0.5, 0.6) is 0 Å². The molecule has 2 rings (SSSR count). The lowest BCUT2D eigenvalue weighted by molar-refractivity contribution is -0.120. The Balaban J connectivity index is 1.50. The van der Waals surface area contributed by atoms with Gasteiger partial charge in [-0.25, -0.2) is 0 Å². The zero-order valence-electron chi connectivity index (χ0n) is 16.1. The number of ether oxygens (including phenoxy) is 2. The fraction of sp³-hybridized carbons (Fsp3) is 0.500. The van der Waals surface area contributed by atoms with Crippen LogP contribution < -0.4 is 11.1 Å². The van der Waals surface area contributed by atoms with Crippen molar-refractivity contribution in [1.82, 2.24) is 5.32 Å². The Labute approximate surface area is 162 Å². The van der Waals surface area contributed by atoms with E-state index in [1.165, 1.54) is 5.39 Å². The first-order valence-electron chi connectivity index (χ1n) is 9.90. The van der Waals surface area contributed by atoms with Gasteiger partial charge < -0.3 is 20.5 Å². The minimum absolute atomic E-state index is 0.0565. The molecule has 148 valence electrons. The van der Waals surface area contributed by atoms with Crippen molar-refractivity contribution in [2.75, 3.05) is 39.5 Å². The molecule has 1 amide bonds. The van der Waals surface area contributed by atoms with Gasteiger partial charge in [0.2, 0.25) is 5.91 Å². The normalized spacial score (nSPS) is 11.0. The summed E-state index contributed by atoms with van der Waals surface area (Å²) in [6.45, 7) is 4.25. The summed E-state index contributed by atoms with van der Waals surface area (Å²) >= 11 is 0. The first-order valence-corrected chi connectivity index (χ1v) is 9.90. The van der Waals surface area contributed by atoms with Crippen LogP contribution in [0.4, 0.5) is 0 Å². The molecule has 0 aliphatic rings. The largest absolute Gasteiger partial charge is 0.381 e. The number of benzene rings is 2. The number of hydrogen-bond donors (Lipinski definition) is 2. The summed E-state index contributed by atoms with van der Waals surface area (Å²) in [5.41, 5.74) is 6.47. The molecule has 0 heterocycles. The van der Waals surface area contributed by atoms with Gasteiger partial charge in [0.05, 0.1) is 6.42 Å². The number of unbranched alkanes of at least 4 members (excludes halogenated alkanes) is 1. The fourth-order valence-electron chi connectivity index (χ4n) is 2.88. The number of carbonyl (C=O) groups excluding carboxylic acids is 1. The molecule has 0 aliphatic heterocycles. The number of amides is 1. The highest BCUT2D eigenvalue weighted by molar-refractivity contribution is 5.90. The molecule has 0 aromatic heterocycles. The van der Waals surface area contributed by atoms with Crippen molar-refractivity contribution in [2.24, 2.45) is 5.73 Å². The number of carbonyl (C=O) groups is 1. The highest BCUT2D eigenvalue weighted by Crippen LogP contribution is 2.18. The molecular formula is C22H32N2O3. The molecule has 0 atom stereocenters. The highest BCUT2D eigenvalue weighted by Gasteiger charge is 2.06. The van der Waals surface area contributed by atoms with Crippen LogP contribution >= 0.6 is 0 Å². The monoisotopic (exact) mass is 372 g/mol. The summed E-state index contributed by atoms with van der Waals surface area (Å²) in [7, 11) is 0. The van der Waals surface area contributed by atoms with Gasteiger partial charge >= 0.3 is 0 Å². The van der Waals surface area contributed by atoms with E-state index in [0.29, 0.717) is 26.1 Å². The molecule has 2 aromatic rings. The van der Waals surface area contributed by atoms with Gasteiger partial charge in [-0.15, -0.1) is 0 Å². The van der Waals surface area contributed by atoms with Crippen LogP contribution in [0.1, 0.15) is 31.2 Å². The van der Waals surface area contributed by atoms with E-state index >= 15 is 0 Å². The molecule has 5 heteroatoms. The summed E-state index contributed by atoms with van der Waals surface area (Å²) in [5.74, 6) is 0.0565. The summed E-state index contributed by atoms with van der Waals surface area (Å²) in [6.07, 6.45) is 4.16. The molecule has 0 saturated heterocycles. The van der Waals surface area contributed by atoms with Gasteiger partial charge in [-0.2, -0.15) is 0 Å². The third-order valence-electron chi connectivity index (χ3n) is 4.34. The Morgan fingerprint density at radius 3 is 2.30 bits per heavy atom. The van der Waals surface area contributed by atoms with Crippen molar-refractivity contribution >= 4 is 16.7 Å². The van der Waals surface area contributed by atoms with Crippen LogP contribution in [0.15, 0.2) is 42.5 Å². The molecule has 0 saturated carbocycles. The molecule has 0 aliphatic carbocycles. The molecule has 0 fully saturated rings. The average molecular weight is 373 g/mol. The van der Waals surface area contributed by atoms with Crippen molar-refractivity contribution < 1.29 is 14.3 Å². The molecule has 0 radical (unpaired) electrons. The predicted octanol–water partition coefficient (Wildman–Crippen LogP) is 3.05. The van der Waals surface area contributed by atoms with Crippen molar-refractivity contribution in [2.45, 2.75) is 32.1 Å².